The lowest BCUT2D eigenvalue weighted by Crippen LogP contribution is -2.18. The predicted molar refractivity (Wildman–Crippen MR) is 95.6 cm³/mol. The monoisotopic (exact) mass is 347 g/mol. The Morgan fingerprint density at radius 2 is 1.84 bits per heavy atom. The summed E-state index contributed by atoms with van der Waals surface area (Å²) >= 11 is 0. The first-order valence-electron chi connectivity index (χ1n) is 8.26. The molecule has 0 bridgehead atoms. The number of hydrogen-bond acceptors (Lipinski definition) is 3. The number of aromatic nitrogens is 1. The number of nitrogens with zero attached hydrogens (tertiary/aromatic N) is 2. The van der Waals surface area contributed by atoms with Gasteiger partial charge in [0, 0.05) is 31.9 Å². The first kappa shape index (κ1) is 17.3. The van der Waals surface area contributed by atoms with Gasteiger partial charge in [-0.2, -0.15) is 13.2 Å². The minimum atomic E-state index is -4.34. The molecule has 0 unspecified atom stereocenters. The van der Waals surface area contributed by atoms with Crippen molar-refractivity contribution in [3.63, 3.8) is 0 Å². The summed E-state index contributed by atoms with van der Waals surface area (Å²) < 4.78 is 38.4. The minimum absolute atomic E-state index is 0.495. The minimum Gasteiger partial charge on any atom is -0.373 e. The van der Waals surface area contributed by atoms with Crippen molar-refractivity contribution in [2.24, 2.45) is 0 Å². The first-order valence-corrected chi connectivity index (χ1v) is 8.26. The highest BCUT2D eigenvalue weighted by molar-refractivity contribution is 5.71. The average Bonchev–Trinajstić information content (AvgIpc) is 3.14. The van der Waals surface area contributed by atoms with Gasteiger partial charge in [-0.3, -0.25) is 0 Å². The van der Waals surface area contributed by atoms with E-state index < -0.39 is 11.7 Å². The largest absolute Gasteiger partial charge is 0.416 e. The molecule has 3 nitrogen and oxygen atoms in total. The molecule has 6 heteroatoms. The Bertz CT molecular complexity index is 763. The second-order valence-corrected chi connectivity index (χ2v) is 6.04. The zero-order chi connectivity index (χ0) is 17.9. The van der Waals surface area contributed by atoms with Crippen molar-refractivity contribution < 1.29 is 13.2 Å². The van der Waals surface area contributed by atoms with E-state index in [-0.39, 0.29) is 0 Å². The van der Waals surface area contributed by atoms with E-state index in [1.54, 1.807) is 25.3 Å². The van der Waals surface area contributed by atoms with Crippen molar-refractivity contribution in [1.82, 2.24) is 4.98 Å². The fourth-order valence-electron chi connectivity index (χ4n) is 2.91. The van der Waals surface area contributed by atoms with Crippen LogP contribution in [0.1, 0.15) is 29.7 Å². The zero-order valence-corrected chi connectivity index (χ0v) is 14.0. The van der Waals surface area contributed by atoms with Crippen molar-refractivity contribution in [3.8, 4) is 0 Å². The van der Waals surface area contributed by atoms with Crippen molar-refractivity contribution in [2.45, 2.75) is 19.0 Å². The summed E-state index contributed by atoms with van der Waals surface area (Å²) in [7, 11) is 1.80. The molecule has 0 aliphatic carbocycles. The normalized spacial score (nSPS) is 15.1. The van der Waals surface area contributed by atoms with Crippen molar-refractivity contribution in [1.29, 1.82) is 0 Å². The van der Waals surface area contributed by atoms with Gasteiger partial charge >= 0.3 is 6.18 Å². The number of nitrogens with one attached hydrogen (secondary N) is 1. The van der Waals surface area contributed by atoms with Gasteiger partial charge in [0.25, 0.3) is 0 Å². The van der Waals surface area contributed by atoms with Gasteiger partial charge < -0.3 is 10.2 Å². The summed E-state index contributed by atoms with van der Waals surface area (Å²) in [6.07, 6.45) is 1.41. The summed E-state index contributed by atoms with van der Waals surface area (Å²) in [6.45, 7) is 2.04. The number of rotatable bonds is 4. The number of benzene rings is 1. The summed E-state index contributed by atoms with van der Waals surface area (Å²) in [5.41, 5.74) is 1.64. The SMILES string of the molecule is CNc1cc(N2CCCC2)cc(/C=C/c2cccc(C(F)(F)F)c2)n1. The third-order valence-electron chi connectivity index (χ3n) is 4.22. The highest BCUT2D eigenvalue weighted by Crippen LogP contribution is 2.30. The van der Waals surface area contributed by atoms with E-state index in [9.17, 15) is 13.2 Å². The zero-order valence-electron chi connectivity index (χ0n) is 14.0. The maximum Gasteiger partial charge on any atom is 0.416 e. The van der Waals surface area contributed by atoms with Gasteiger partial charge in [-0.15, -0.1) is 0 Å². The molecular weight excluding hydrogens is 327 g/mol. The molecule has 1 fully saturated rings. The molecule has 132 valence electrons. The maximum absolute atomic E-state index is 12.8. The molecule has 25 heavy (non-hydrogen) atoms. The molecule has 0 atom stereocenters. The fraction of sp³-hybridized carbons (Fsp3) is 0.316. The number of halogens is 3. The molecule has 1 aliphatic rings. The van der Waals surface area contributed by atoms with E-state index in [0.717, 1.165) is 36.7 Å². The van der Waals surface area contributed by atoms with Crippen LogP contribution in [0.15, 0.2) is 36.4 Å². The third kappa shape index (κ3) is 4.32. The maximum atomic E-state index is 12.8. The van der Waals surface area contributed by atoms with Gasteiger partial charge in [0.15, 0.2) is 0 Å². The van der Waals surface area contributed by atoms with Crippen LogP contribution < -0.4 is 10.2 Å². The lowest BCUT2D eigenvalue weighted by molar-refractivity contribution is -0.137. The Hall–Kier alpha value is -2.50. The van der Waals surface area contributed by atoms with E-state index in [2.05, 4.69) is 15.2 Å². The number of hydrogen-bond donors (Lipinski definition) is 1. The van der Waals surface area contributed by atoms with E-state index in [1.807, 2.05) is 12.1 Å². The number of pyridine rings is 1. The summed E-state index contributed by atoms with van der Waals surface area (Å²) in [5.74, 6) is 0.744. The van der Waals surface area contributed by atoms with Crippen LogP contribution in [0.4, 0.5) is 24.7 Å². The number of anilines is 2. The van der Waals surface area contributed by atoms with Crippen LogP contribution in [-0.2, 0) is 6.18 Å². The van der Waals surface area contributed by atoms with Crippen LogP contribution in [-0.4, -0.2) is 25.1 Å². The Kier molecular flexibility index (Phi) is 4.97. The molecule has 0 saturated carbocycles. The molecule has 0 amide bonds. The average molecular weight is 347 g/mol. The standard InChI is InChI=1S/C19H20F3N3/c1-23-18-13-17(25-9-2-3-10-25)12-16(24-18)8-7-14-5-4-6-15(11-14)19(20,21)22/h4-8,11-13H,2-3,9-10H2,1H3,(H,23,24)/b8-7+. The Morgan fingerprint density at radius 3 is 2.52 bits per heavy atom. The van der Waals surface area contributed by atoms with Gasteiger partial charge in [-0.1, -0.05) is 18.2 Å². The van der Waals surface area contributed by atoms with Gasteiger partial charge in [-0.25, -0.2) is 4.98 Å². The lowest BCUT2D eigenvalue weighted by atomic mass is 10.1. The molecule has 1 N–H and O–H groups in total. The van der Waals surface area contributed by atoms with Crippen molar-refractivity contribution in [3.05, 3.63) is 53.2 Å². The molecule has 3 rings (SSSR count). The summed E-state index contributed by atoms with van der Waals surface area (Å²) in [4.78, 5) is 6.76. The molecule has 1 aliphatic heterocycles. The van der Waals surface area contributed by atoms with Gasteiger partial charge in [0.2, 0.25) is 0 Å². The lowest BCUT2D eigenvalue weighted by Gasteiger charge is -2.18. The van der Waals surface area contributed by atoms with Gasteiger partial charge in [-0.05, 0) is 42.7 Å². The predicted octanol–water partition coefficient (Wildman–Crippen LogP) is 4.91. The molecule has 0 spiro atoms. The quantitative estimate of drug-likeness (QED) is 0.851. The fourth-order valence-corrected chi connectivity index (χ4v) is 2.91. The molecule has 2 aromatic rings. The molecule has 1 saturated heterocycles. The Balaban J connectivity index is 1.86. The van der Waals surface area contributed by atoms with Crippen LogP contribution in [0.25, 0.3) is 12.2 Å². The molecule has 2 heterocycles. The Morgan fingerprint density at radius 1 is 1.08 bits per heavy atom. The van der Waals surface area contributed by atoms with Crippen LogP contribution >= 0.6 is 0 Å². The Labute approximate surface area is 145 Å². The van der Waals surface area contributed by atoms with Crippen molar-refractivity contribution >= 4 is 23.7 Å². The van der Waals surface area contributed by atoms with Crippen LogP contribution in [0.3, 0.4) is 0 Å². The molecule has 1 aromatic carbocycles. The molecular formula is C19H20F3N3. The topological polar surface area (TPSA) is 28.2 Å². The van der Waals surface area contributed by atoms with Crippen LogP contribution in [0.2, 0.25) is 0 Å². The highest BCUT2D eigenvalue weighted by Gasteiger charge is 2.30. The van der Waals surface area contributed by atoms with Crippen LogP contribution in [0.5, 0.6) is 0 Å². The molecule has 1 aromatic heterocycles. The highest BCUT2D eigenvalue weighted by atomic mass is 19.4. The van der Waals surface area contributed by atoms with Crippen LogP contribution in [0, 0.1) is 0 Å². The first-order chi connectivity index (χ1) is 12.0. The second kappa shape index (κ2) is 7.17. The number of alkyl halides is 3. The second-order valence-electron chi connectivity index (χ2n) is 6.04. The van der Waals surface area contributed by atoms with Crippen molar-refractivity contribution in [2.75, 3.05) is 30.4 Å². The smallest absolute Gasteiger partial charge is 0.373 e. The van der Waals surface area contributed by atoms with Gasteiger partial charge in [0.05, 0.1) is 11.3 Å². The van der Waals surface area contributed by atoms with E-state index in [1.165, 1.54) is 18.9 Å². The van der Waals surface area contributed by atoms with E-state index in [0.29, 0.717) is 11.3 Å². The molecule has 0 radical (unpaired) electrons. The summed E-state index contributed by atoms with van der Waals surface area (Å²) in [6, 6.07) is 9.23. The van der Waals surface area contributed by atoms with E-state index >= 15 is 0 Å². The third-order valence-corrected chi connectivity index (χ3v) is 4.22. The van der Waals surface area contributed by atoms with Gasteiger partial charge in [0.1, 0.15) is 5.82 Å². The summed E-state index contributed by atoms with van der Waals surface area (Å²) in [5, 5.41) is 3.04. The van der Waals surface area contributed by atoms with E-state index in [4.69, 9.17) is 0 Å².